The first-order chi connectivity index (χ1) is 11.6. The Bertz CT molecular complexity index is 683. The lowest BCUT2D eigenvalue weighted by Gasteiger charge is -2.17. The fourth-order valence-electron chi connectivity index (χ4n) is 2.08. The van der Waals surface area contributed by atoms with Gasteiger partial charge >= 0.3 is 0 Å². The predicted molar refractivity (Wildman–Crippen MR) is 86.8 cm³/mol. The average Bonchev–Trinajstić information content (AvgIpc) is 3.11. The Morgan fingerprint density at radius 3 is 2.29 bits per heavy atom. The number of hydrogen-bond donors (Lipinski definition) is 3. The lowest BCUT2D eigenvalue weighted by molar-refractivity contribution is -0.127. The third-order valence-electron chi connectivity index (χ3n) is 3.21. The Hall–Kier alpha value is -3.09. The number of carbonyl (C=O) groups excluding carboxylic acids is 3. The van der Waals surface area contributed by atoms with Crippen LogP contribution in [0.25, 0.3) is 0 Å². The van der Waals surface area contributed by atoms with Crippen LogP contribution in [-0.2, 0) is 14.4 Å². The lowest BCUT2D eigenvalue weighted by atomic mass is 10.0. The van der Waals surface area contributed by atoms with Crippen molar-refractivity contribution in [1.82, 2.24) is 16.0 Å². The molecule has 1 atom stereocenters. The largest absolute Gasteiger partial charge is 0.467 e. The molecular formula is C17H19N3O4. The molecule has 126 valence electrons. The summed E-state index contributed by atoms with van der Waals surface area (Å²) in [6.07, 6.45) is 1.53. The van der Waals surface area contributed by atoms with E-state index in [9.17, 15) is 14.4 Å². The van der Waals surface area contributed by atoms with Gasteiger partial charge in [-0.2, -0.15) is 0 Å². The molecule has 0 bridgehead atoms. The van der Waals surface area contributed by atoms with Gasteiger partial charge in [-0.15, -0.1) is 0 Å². The van der Waals surface area contributed by atoms with Gasteiger partial charge in [0.1, 0.15) is 11.8 Å². The van der Waals surface area contributed by atoms with Crippen molar-refractivity contribution in [3.8, 4) is 0 Å². The molecule has 1 aromatic heterocycles. The summed E-state index contributed by atoms with van der Waals surface area (Å²) < 4.78 is 5.39. The van der Waals surface area contributed by atoms with E-state index in [4.69, 9.17) is 4.42 Å². The number of rotatable bonds is 7. The molecule has 3 amide bonds. The monoisotopic (exact) mass is 329 g/mol. The van der Waals surface area contributed by atoms with Gasteiger partial charge in [-0.05, 0) is 17.7 Å². The third-order valence-corrected chi connectivity index (χ3v) is 3.21. The van der Waals surface area contributed by atoms with Gasteiger partial charge in [0.2, 0.25) is 17.7 Å². The molecule has 0 aliphatic heterocycles. The van der Waals surface area contributed by atoms with Crippen LogP contribution in [0.5, 0.6) is 0 Å². The Balaban J connectivity index is 1.94. The minimum Gasteiger partial charge on any atom is -0.467 e. The third kappa shape index (κ3) is 5.28. The SMILES string of the molecule is CC(=O)NCC(=O)NCC(=O)N[C@H](c1ccccc1)c1ccco1. The highest BCUT2D eigenvalue weighted by Crippen LogP contribution is 2.22. The molecule has 7 heteroatoms. The summed E-state index contributed by atoms with van der Waals surface area (Å²) >= 11 is 0. The highest BCUT2D eigenvalue weighted by atomic mass is 16.3. The molecule has 1 aromatic carbocycles. The Morgan fingerprint density at radius 1 is 0.958 bits per heavy atom. The standard InChI is InChI=1S/C17H19N3O4/c1-12(21)18-10-15(22)19-11-16(23)20-17(14-8-5-9-24-14)13-6-3-2-4-7-13/h2-9,17H,10-11H2,1H3,(H,18,21)(H,19,22)(H,20,23)/t17-/m1/s1. The Kier molecular flexibility index (Phi) is 6.13. The van der Waals surface area contributed by atoms with Gasteiger partial charge in [0.15, 0.2) is 0 Å². The van der Waals surface area contributed by atoms with E-state index in [1.165, 1.54) is 13.2 Å². The van der Waals surface area contributed by atoms with Crippen molar-refractivity contribution in [3.05, 3.63) is 60.1 Å². The molecule has 2 rings (SSSR count). The van der Waals surface area contributed by atoms with Crippen molar-refractivity contribution in [3.63, 3.8) is 0 Å². The van der Waals surface area contributed by atoms with E-state index in [0.29, 0.717) is 5.76 Å². The zero-order valence-electron chi connectivity index (χ0n) is 13.2. The molecule has 1 heterocycles. The molecule has 7 nitrogen and oxygen atoms in total. The summed E-state index contributed by atoms with van der Waals surface area (Å²) in [7, 11) is 0. The maximum Gasteiger partial charge on any atom is 0.240 e. The van der Waals surface area contributed by atoms with Gasteiger partial charge in [-0.1, -0.05) is 30.3 Å². The average molecular weight is 329 g/mol. The molecule has 3 N–H and O–H groups in total. The summed E-state index contributed by atoms with van der Waals surface area (Å²) in [5, 5.41) is 7.63. The van der Waals surface area contributed by atoms with Crippen molar-refractivity contribution in [2.24, 2.45) is 0 Å². The number of hydrogen-bond acceptors (Lipinski definition) is 4. The van der Waals surface area contributed by atoms with E-state index in [1.807, 2.05) is 30.3 Å². The molecule has 0 saturated carbocycles. The van der Waals surface area contributed by atoms with Crippen LogP contribution in [0.4, 0.5) is 0 Å². The van der Waals surface area contributed by atoms with Crippen molar-refractivity contribution in [2.75, 3.05) is 13.1 Å². The fraction of sp³-hybridized carbons (Fsp3) is 0.235. The summed E-state index contributed by atoms with van der Waals surface area (Å²) in [5.41, 5.74) is 0.866. The highest BCUT2D eigenvalue weighted by molar-refractivity contribution is 5.87. The van der Waals surface area contributed by atoms with Crippen LogP contribution < -0.4 is 16.0 Å². The van der Waals surface area contributed by atoms with Crippen LogP contribution in [0, 0.1) is 0 Å². The Morgan fingerprint density at radius 2 is 1.67 bits per heavy atom. The maximum absolute atomic E-state index is 12.1. The summed E-state index contributed by atoms with van der Waals surface area (Å²) in [4.78, 5) is 34.4. The van der Waals surface area contributed by atoms with Crippen LogP contribution in [0.15, 0.2) is 53.1 Å². The topological polar surface area (TPSA) is 100 Å². The Labute approximate surface area is 139 Å². The van der Waals surface area contributed by atoms with E-state index in [2.05, 4.69) is 16.0 Å². The van der Waals surface area contributed by atoms with E-state index in [1.54, 1.807) is 12.1 Å². The number of carbonyl (C=O) groups is 3. The second kappa shape index (κ2) is 8.52. The van der Waals surface area contributed by atoms with E-state index >= 15 is 0 Å². The minimum absolute atomic E-state index is 0.164. The molecule has 0 unspecified atom stereocenters. The van der Waals surface area contributed by atoms with Crippen LogP contribution in [0.3, 0.4) is 0 Å². The number of furan rings is 1. The van der Waals surface area contributed by atoms with Gasteiger partial charge in [-0.25, -0.2) is 0 Å². The van der Waals surface area contributed by atoms with Gasteiger partial charge in [0, 0.05) is 6.92 Å². The van der Waals surface area contributed by atoms with Gasteiger partial charge in [0.05, 0.1) is 19.4 Å². The molecule has 0 aliphatic rings. The molecular weight excluding hydrogens is 310 g/mol. The second-order valence-electron chi connectivity index (χ2n) is 5.11. The molecule has 24 heavy (non-hydrogen) atoms. The molecule has 0 saturated heterocycles. The van der Waals surface area contributed by atoms with Crippen LogP contribution in [0.2, 0.25) is 0 Å². The fourth-order valence-corrected chi connectivity index (χ4v) is 2.08. The quantitative estimate of drug-likeness (QED) is 0.697. The smallest absolute Gasteiger partial charge is 0.240 e. The van der Waals surface area contributed by atoms with E-state index in [-0.39, 0.29) is 24.9 Å². The molecule has 2 aromatic rings. The second-order valence-corrected chi connectivity index (χ2v) is 5.11. The summed E-state index contributed by atoms with van der Waals surface area (Å²) in [6.45, 7) is 0.958. The normalized spacial score (nSPS) is 11.4. The molecule has 0 radical (unpaired) electrons. The van der Waals surface area contributed by atoms with Crippen molar-refractivity contribution in [1.29, 1.82) is 0 Å². The first-order valence-electron chi connectivity index (χ1n) is 7.45. The van der Waals surface area contributed by atoms with Crippen molar-refractivity contribution < 1.29 is 18.8 Å². The number of nitrogens with one attached hydrogen (secondary N) is 3. The zero-order valence-corrected chi connectivity index (χ0v) is 13.2. The zero-order chi connectivity index (χ0) is 17.4. The van der Waals surface area contributed by atoms with E-state index < -0.39 is 11.9 Å². The van der Waals surface area contributed by atoms with Crippen LogP contribution >= 0.6 is 0 Å². The lowest BCUT2D eigenvalue weighted by Crippen LogP contribution is -2.42. The van der Waals surface area contributed by atoms with Gasteiger partial charge in [0.25, 0.3) is 0 Å². The first kappa shape index (κ1) is 17.3. The van der Waals surface area contributed by atoms with Gasteiger partial charge in [-0.3, -0.25) is 14.4 Å². The highest BCUT2D eigenvalue weighted by Gasteiger charge is 2.19. The first-order valence-corrected chi connectivity index (χ1v) is 7.45. The molecule has 0 spiro atoms. The summed E-state index contributed by atoms with van der Waals surface area (Å²) in [5.74, 6) is -0.512. The number of amides is 3. The maximum atomic E-state index is 12.1. The minimum atomic E-state index is -0.444. The molecule has 0 fully saturated rings. The van der Waals surface area contributed by atoms with Crippen molar-refractivity contribution >= 4 is 17.7 Å². The van der Waals surface area contributed by atoms with Crippen LogP contribution in [0.1, 0.15) is 24.3 Å². The molecule has 0 aliphatic carbocycles. The van der Waals surface area contributed by atoms with Crippen molar-refractivity contribution in [2.45, 2.75) is 13.0 Å². The van der Waals surface area contributed by atoms with Gasteiger partial charge < -0.3 is 20.4 Å². The summed E-state index contributed by atoms with van der Waals surface area (Å²) in [6, 6.07) is 12.4. The van der Waals surface area contributed by atoms with Crippen LogP contribution in [-0.4, -0.2) is 30.8 Å². The number of benzene rings is 1. The predicted octanol–water partition coefficient (Wildman–Crippen LogP) is 0.738. The van der Waals surface area contributed by atoms with E-state index in [0.717, 1.165) is 5.56 Å².